The largest absolute Gasteiger partial charge is 0.463 e. The highest BCUT2D eigenvalue weighted by Gasteiger charge is 2.47. The summed E-state index contributed by atoms with van der Waals surface area (Å²) in [5, 5.41) is 0. The van der Waals surface area contributed by atoms with Crippen molar-refractivity contribution in [3.05, 3.63) is 0 Å². The van der Waals surface area contributed by atoms with Gasteiger partial charge >= 0.3 is 23.9 Å². The van der Waals surface area contributed by atoms with Gasteiger partial charge < -0.3 is 23.7 Å². The van der Waals surface area contributed by atoms with E-state index in [2.05, 4.69) is 4.74 Å². The standard InChI is InChI=1S/C14H20O9/c1-7(15)19-5-11-13(22-9(3)17)14(23-10(4)18)12(6-20-11)21-8(2)16/h11-14H,5-6H2,1-4H3/t11-,12+,13-,14-/m1/s1/i5D2,11D. The van der Waals surface area contributed by atoms with E-state index in [4.69, 9.17) is 23.1 Å². The number of rotatable bonds is 5. The van der Waals surface area contributed by atoms with Crippen LogP contribution in [0.25, 0.3) is 0 Å². The van der Waals surface area contributed by atoms with Gasteiger partial charge in [0.2, 0.25) is 0 Å². The molecule has 1 saturated heterocycles. The first-order chi connectivity index (χ1) is 11.8. The summed E-state index contributed by atoms with van der Waals surface area (Å²) in [7, 11) is 0. The summed E-state index contributed by atoms with van der Waals surface area (Å²) in [6.07, 6.45) is -7.51. The number of carbonyl (C=O) groups is 4. The van der Waals surface area contributed by atoms with Crippen molar-refractivity contribution < 1.29 is 47.0 Å². The van der Waals surface area contributed by atoms with Gasteiger partial charge in [0.1, 0.15) is 12.6 Å². The first kappa shape index (κ1) is 14.4. The lowest BCUT2D eigenvalue weighted by molar-refractivity contribution is -0.231. The molecule has 0 radical (unpaired) electrons. The average Bonchev–Trinajstić information content (AvgIpc) is 2.43. The minimum Gasteiger partial charge on any atom is -0.463 e. The molecule has 0 aromatic heterocycles. The van der Waals surface area contributed by atoms with Crippen LogP contribution in [-0.4, -0.2) is 61.4 Å². The summed E-state index contributed by atoms with van der Waals surface area (Å²) >= 11 is 0. The Kier molecular flexibility index (Phi) is 5.31. The molecule has 0 amide bonds. The van der Waals surface area contributed by atoms with Gasteiger partial charge in [-0.2, -0.15) is 0 Å². The lowest BCUT2D eigenvalue weighted by atomic mass is 9.99. The van der Waals surface area contributed by atoms with Crippen molar-refractivity contribution in [2.45, 2.75) is 52.1 Å². The Morgan fingerprint density at radius 1 is 0.957 bits per heavy atom. The van der Waals surface area contributed by atoms with Crippen molar-refractivity contribution in [3.8, 4) is 0 Å². The van der Waals surface area contributed by atoms with Gasteiger partial charge in [-0.25, -0.2) is 0 Å². The van der Waals surface area contributed by atoms with Gasteiger partial charge in [-0.1, -0.05) is 0 Å². The molecule has 0 saturated carbocycles. The molecule has 0 bridgehead atoms. The highest BCUT2D eigenvalue weighted by atomic mass is 16.7. The molecule has 23 heavy (non-hydrogen) atoms. The summed E-state index contributed by atoms with van der Waals surface area (Å²) < 4.78 is 48.6. The van der Waals surface area contributed by atoms with Crippen molar-refractivity contribution >= 4 is 23.9 Å². The fraction of sp³-hybridized carbons (Fsp3) is 0.714. The summed E-state index contributed by atoms with van der Waals surface area (Å²) in [5.74, 6) is -3.63. The van der Waals surface area contributed by atoms with E-state index in [0.717, 1.165) is 27.7 Å². The highest BCUT2D eigenvalue weighted by Crippen LogP contribution is 2.24. The van der Waals surface area contributed by atoms with Crippen LogP contribution in [0.5, 0.6) is 0 Å². The van der Waals surface area contributed by atoms with Gasteiger partial charge in [0.05, 0.1) is 10.7 Å². The van der Waals surface area contributed by atoms with Crippen LogP contribution in [0.2, 0.25) is 0 Å². The minimum atomic E-state index is -3.08. The fourth-order valence-corrected chi connectivity index (χ4v) is 1.85. The Balaban J connectivity index is 3.38. The number of hydrogen-bond acceptors (Lipinski definition) is 9. The lowest BCUT2D eigenvalue weighted by Crippen LogP contribution is -2.58. The van der Waals surface area contributed by atoms with E-state index >= 15 is 0 Å². The lowest BCUT2D eigenvalue weighted by Gasteiger charge is -2.40. The van der Waals surface area contributed by atoms with Crippen LogP contribution < -0.4 is 0 Å². The molecule has 1 aliphatic rings. The van der Waals surface area contributed by atoms with Crippen molar-refractivity contribution in [1.82, 2.24) is 0 Å². The molecular weight excluding hydrogens is 312 g/mol. The van der Waals surface area contributed by atoms with Crippen LogP contribution in [0.3, 0.4) is 0 Å². The highest BCUT2D eigenvalue weighted by molar-refractivity contribution is 5.68. The van der Waals surface area contributed by atoms with Gasteiger partial charge in [0.15, 0.2) is 18.3 Å². The van der Waals surface area contributed by atoms with Crippen LogP contribution in [-0.2, 0) is 42.9 Å². The van der Waals surface area contributed by atoms with Crippen LogP contribution >= 0.6 is 0 Å². The monoisotopic (exact) mass is 335 g/mol. The van der Waals surface area contributed by atoms with E-state index in [1.807, 2.05) is 0 Å². The molecule has 130 valence electrons. The number of hydrogen-bond donors (Lipinski definition) is 0. The third kappa shape index (κ3) is 6.23. The normalized spacial score (nSPS) is 32.5. The zero-order valence-corrected chi connectivity index (χ0v) is 13.1. The van der Waals surface area contributed by atoms with Crippen LogP contribution in [0.1, 0.15) is 31.8 Å². The summed E-state index contributed by atoms with van der Waals surface area (Å²) in [4.78, 5) is 45.3. The maximum atomic E-state index is 11.5. The van der Waals surface area contributed by atoms with E-state index < -0.39 is 61.4 Å². The quantitative estimate of drug-likeness (QED) is 0.495. The number of esters is 4. The molecule has 0 aliphatic carbocycles. The van der Waals surface area contributed by atoms with Crippen molar-refractivity contribution in [1.29, 1.82) is 0 Å². The molecule has 4 atom stereocenters. The zero-order valence-electron chi connectivity index (χ0n) is 16.1. The van der Waals surface area contributed by atoms with E-state index in [-0.39, 0.29) is 0 Å². The van der Waals surface area contributed by atoms with Gasteiger partial charge in [0, 0.05) is 27.7 Å². The first-order valence-corrected chi connectivity index (χ1v) is 6.65. The third-order valence-electron chi connectivity index (χ3n) is 2.53. The number of ether oxygens (including phenoxy) is 5. The maximum Gasteiger partial charge on any atom is 0.303 e. The minimum absolute atomic E-state index is 0.570. The molecule has 0 aromatic carbocycles. The summed E-state index contributed by atoms with van der Waals surface area (Å²) in [6, 6.07) is 0. The smallest absolute Gasteiger partial charge is 0.303 e. The second-order valence-electron chi connectivity index (χ2n) is 4.62. The van der Waals surface area contributed by atoms with Gasteiger partial charge in [-0.05, 0) is 0 Å². The molecular formula is C14H20O9. The molecule has 0 spiro atoms. The van der Waals surface area contributed by atoms with Crippen LogP contribution in [0, 0.1) is 0 Å². The predicted molar refractivity (Wildman–Crippen MR) is 73.0 cm³/mol. The zero-order chi connectivity index (χ0) is 20.3. The van der Waals surface area contributed by atoms with Crippen LogP contribution in [0.4, 0.5) is 0 Å². The van der Waals surface area contributed by atoms with Gasteiger partial charge in [-0.3, -0.25) is 19.2 Å². The molecule has 0 unspecified atom stereocenters. The van der Waals surface area contributed by atoms with Crippen LogP contribution in [0.15, 0.2) is 0 Å². The van der Waals surface area contributed by atoms with E-state index in [0.29, 0.717) is 0 Å². The summed E-state index contributed by atoms with van der Waals surface area (Å²) in [5.41, 5.74) is 0. The molecule has 0 aromatic rings. The predicted octanol–water partition coefficient (Wildman–Crippen LogP) is -0.257. The Hall–Kier alpha value is -2.16. The maximum absolute atomic E-state index is 11.5. The average molecular weight is 335 g/mol. The second kappa shape index (κ2) is 8.47. The second-order valence-corrected chi connectivity index (χ2v) is 4.62. The van der Waals surface area contributed by atoms with Gasteiger partial charge in [-0.15, -0.1) is 0 Å². The molecule has 9 nitrogen and oxygen atoms in total. The molecule has 1 aliphatic heterocycles. The molecule has 1 fully saturated rings. The van der Waals surface area contributed by atoms with Crippen molar-refractivity contribution in [2.24, 2.45) is 0 Å². The topological polar surface area (TPSA) is 114 Å². The van der Waals surface area contributed by atoms with E-state index in [1.165, 1.54) is 0 Å². The summed E-state index contributed by atoms with van der Waals surface area (Å²) in [6.45, 7) is 0.333. The van der Waals surface area contributed by atoms with E-state index in [9.17, 15) is 19.2 Å². The Morgan fingerprint density at radius 2 is 1.48 bits per heavy atom. The molecule has 1 rings (SSSR count). The third-order valence-corrected chi connectivity index (χ3v) is 2.53. The molecule has 9 heteroatoms. The number of carbonyl (C=O) groups excluding carboxylic acids is 4. The Bertz CT molecular complexity index is 594. The Morgan fingerprint density at radius 3 is 1.96 bits per heavy atom. The first-order valence-electron chi connectivity index (χ1n) is 8.15. The fourth-order valence-electron chi connectivity index (χ4n) is 1.85. The van der Waals surface area contributed by atoms with E-state index in [1.54, 1.807) is 0 Å². The SMILES string of the molecule is [2H]C([2H])(OC(C)=O)[C@@]1([2H])OC[C@H](OC(C)=O)[C@@H](OC(C)=O)[C@@H]1OC(C)=O. The molecule has 1 heterocycles. The van der Waals surface area contributed by atoms with Gasteiger partial charge in [0.25, 0.3) is 0 Å². The molecule has 0 N–H and O–H groups in total. The Labute approximate surface area is 137 Å². The van der Waals surface area contributed by atoms with Crippen molar-refractivity contribution in [3.63, 3.8) is 0 Å². The van der Waals surface area contributed by atoms with Crippen molar-refractivity contribution in [2.75, 3.05) is 13.2 Å².